The Morgan fingerprint density at radius 1 is 1.00 bits per heavy atom. The summed E-state index contributed by atoms with van der Waals surface area (Å²) in [5.41, 5.74) is 4.97. The standard InChI is InChI=1S/C41H36N4O14/c1-2-25-26-14-24(8-9-30(26)43-36-28(25)16-44-32(36)15-27-29(38(44)48)19-56-40(51)37(27)47)55-17-20-3-6-22(7-4-20)42-41(52)57-18-21-5-10-33(31(11-21)45(53)54)58-35-13-23(46)12-34(59-35)39(49)50/h3-11,14-15,23,34-35,37,46-47H,2,12-13,16-19H2,1H3,(H,42,52)(H,49,50). The summed E-state index contributed by atoms with van der Waals surface area (Å²) in [4.78, 5) is 65.3. The van der Waals surface area contributed by atoms with Gasteiger partial charge in [-0.15, -0.1) is 0 Å². The average molecular weight is 809 g/mol. The number of carboxylic acid groups (broad SMARTS) is 1. The van der Waals surface area contributed by atoms with Crippen molar-refractivity contribution in [3.63, 3.8) is 0 Å². The first kappa shape index (κ1) is 39.0. The molecule has 18 heteroatoms. The molecular formula is C41H36N4O14. The van der Waals surface area contributed by atoms with Gasteiger partial charge in [0.2, 0.25) is 6.29 Å². The number of hydrogen-bond acceptors (Lipinski definition) is 14. The number of aliphatic hydroxyl groups excluding tert-OH is 2. The molecule has 304 valence electrons. The number of anilines is 1. The fraction of sp³-hybridized carbons (Fsp3) is 0.293. The predicted octanol–water partition coefficient (Wildman–Crippen LogP) is 4.64. The summed E-state index contributed by atoms with van der Waals surface area (Å²) in [5, 5.41) is 44.9. The average Bonchev–Trinajstić information content (AvgIpc) is 3.58. The van der Waals surface area contributed by atoms with Gasteiger partial charge < -0.3 is 43.6 Å². The number of nitrogens with one attached hydrogen (secondary N) is 1. The summed E-state index contributed by atoms with van der Waals surface area (Å²) < 4.78 is 28.9. The number of nitro groups is 1. The van der Waals surface area contributed by atoms with Crippen molar-refractivity contribution in [1.82, 2.24) is 9.55 Å². The maximum Gasteiger partial charge on any atom is 0.411 e. The van der Waals surface area contributed by atoms with Crippen molar-refractivity contribution < 1.29 is 58.3 Å². The molecule has 3 aliphatic rings. The van der Waals surface area contributed by atoms with E-state index in [1.165, 1.54) is 12.1 Å². The molecule has 18 nitrogen and oxygen atoms in total. The van der Waals surface area contributed by atoms with Gasteiger partial charge in [0.25, 0.3) is 5.56 Å². The molecule has 5 aromatic rings. The summed E-state index contributed by atoms with van der Waals surface area (Å²) in [6, 6.07) is 17.9. The zero-order valence-electron chi connectivity index (χ0n) is 31.3. The molecule has 1 amide bonds. The van der Waals surface area contributed by atoms with Crippen molar-refractivity contribution in [3.8, 4) is 22.9 Å². The normalized spacial score (nSPS) is 19.2. The van der Waals surface area contributed by atoms with Crippen LogP contribution < -0.4 is 20.3 Å². The van der Waals surface area contributed by atoms with Crippen molar-refractivity contribution in [2.75, 3.05) is 5.32 Å². The van der Waals surface area contributed by atoms with Crippen LogP contribution in [0.25, 0.3) is 22.3 Å². The lowest BCUT2D eigenvalue weighted by atomic mass is 9.97. The van der Waals surface area contributed by atoms with E-state index in [1.807, 2.05) is 19.1 Å². The van der Waals surface area contributed by atoms with E-state index < -0.39 is 53.2 Å². The van der Waals surface area contributed by atoms with Crippen molar-refractivity contribution >= 4 is 40.3 Å². The number of ether oxygens (including phenoxy) is 5. The van der Waals surface area contributed by atoms with E-state index in [2.05, 4.69) is 5.32 Å². The maximum atomic E-state index is 13.4. The lowest BCUT2D eigenvalue weighted by Gasteiger charge is -2.30. The molecule has 0 spiro atoms. The second kappa shape index (κ2) is 15.8. The number of hydrogen-bond donors (Lipinski definition) is 4. The molecule has 0 aliphatic carbocycles. The molecule has 59 heavy (non-hydrogen) atoms. The van der Waals surface area contributed by atoms with Gasteiger partial charge in [0.15, 0.2) is 18.0 Å². The smallest absolute Gasteiger partial charge is 0.411 e. The van der Waals surface area contributed by atoms with E-state index >= 15 is 0 Å². The van der Waals surface area contributed by atoms with Crippen LogP contribution in [0.2, 0.25) is 0 Å². The molecule has 0 bridgehead atoms. The van der Waals surface area contributed by atoms with Gasteiger partial charge in [-0.2, -0.15) is 0 Å². The molecule has 3 aliphatic heterocycles. The Labute approximate surface area is 333 Å². The number of cyclic esters (lactones) is 1. The largest absolute Gasteiger partial charge is 0.489 e. The Morgan fingerprint density at radius 3 is 2.53 bits per heavy atom. The Morgan fingerprint density at radius 2 is 1.78 bits per heavy atom. The highest BCUT2D eigenvalue weighted by atomic mass is 16.7. The Hall–Kier alpha value is -6.89. The number of aliphatic hydroxyl groups is 2. The van der Waals surface area contributed by atoms with Crippen LogP contribution in [0.15, 0.2) is 71.5 Å². The predicted molar refractivity (Wildman–Crippen MR) is 205 cm³/mol. The van der Waals surface area contributed by atoms with E-state index in [0.29, 0.717) is 41.3 Å². The van der Waals surface area contributed by atoms with Crippen molar-refractivity contribution in [2.24, 2.45) is 0 Å². The molecule has 8 rings (SSSR count). The number of aromatic nitrogens is 2. The number of esters is 1. The number of nitrogens with zero attached hydrogens (tertiary/aromatic N) is 3. The van der Waals surface area contributed by atoms with Crippen LogP contribution in [0.4, 0.5) is 16.2 Å². The first-order valence-corrected chi connectivity index (χ1v) is 18.6. The number of pyridine rings is 2. The monoisotopic (exact) mass is 808 g/mol. The number of fused-ring (bicyclic) bond motifs is 5. The van der Waals surface area contributed by atoms with Crippen molar-refractivity contribution in [3.05, 3.63) is 121 Å². The number of carbonyl (C=O) groups is 3. The number of amides is 1. The van der Waals surface area contributed by atoms with Crippen molar-refractivity contribution in [1.29, 1.82) is 0 Å². The first-order chi connectivity index (χ1) is 28.4. The molecule has 1 saturated heterocycles. The van der Waals surface area contributed by atoms with Gasteiger partial charge in [-0.3, -0.25) is 20.2 Å². The fourth-order valence-corrected chi connectivity index (χ4v) is 7.47. The van der Waals surface area contributed by atoms with Gasteiger partial charge in [-0.25, -0.2) is 19.4 Å². The summed E-state index contributed by atoms with van der Waals surface area (Å²) in [6.45, 7) is 2.01. The summed E-state index contributed by atoms with van der Waals surface area (Å²) in [5.74, 6) is -1.69. The first-order valence-electron chi connectivity index (χ1n) is 18.6. The topological polar surface area (TPSA) is 248 Å². The lowest BCUT2D eigenvalue weighted by molar-refractivity contribution is -0.386. The fourth-order valence-electron chi connectivity index (χ4n) is 7.47. The summed E-state index contributed by atoms with van der Waals surface area (Å²) >= 11 is 0. The number of aliphatic carboxylic acids is 1. The Balaban J connectivity index is 0.880. The number of benzene rings is 3. The van der Waals surface area contributed by atoms with Gasteiger partial charge in [0.05, 0.1) is 40.0 Å². The van der Waals surface area contributed by atoms with Crippen LogP contribution in [0.5, 0.6) is 11.5 Å². The number of nitro benzene ring substituents is 1. The minimum Gasteiger partial charge on any atom is -0.489 e. The molecule has 4 unspecified atom stereocenters. The Kier molecular flexibility index (Phi) is 10.4. The minimum absolute atomic E-state index is 0.0778. The second-order valence-electron chi connectivity index (χ2n) is 14.2. The van der Waals surface area contributed by atoms with Crippen LogP contribution in [0, 0.1) is 10.1 Å². The number of aryl methyl sites for hydroxylation is 1. The van der Waals surface area contributed by atoms with Crippen LogP contribution in [0.3, 0.4) is 0 Å². The minimum atomic E-state index is -1.53. The highest BCUT2D eigenvalue weighted by molar-refractivity contribution is 5.89. The highest BCUT2D eigenvalue weighted by Gasteiger charge is 2.36. The molecule has 1 fully saturated rings. The molecule has 2 aromatic heterocycles. The van der Waals surface area contributed by atoms with Gasteiger partial charge >= 0.3 is 23.7 Å². The van der Waals surface area contributed by atoms with Crippen LogP contribution in [-0.2, 0) is 56.6 Å². The van der Waals surface area contributed by atoms with E-state index in [1.54, 1.807) is 41.0 Å². The van der Waals surface area contributed by atoms with Crippen LogP contribution >= 0.6 is 0 Å². The maximum absolute atomic E-state index is 13.4. The molecule has 3 aromatic carbocycles. The van der Waals surface area contributed by atoms with Gasteiger partial charge in [-0.05, 0) is 65.6 Å². The lowest BCUT2D eigenvalue weighted by Crippen LogP contribution is -2.42. The molecule has 0 saturated carbocycles. The van der Waals surface area contributed by atoms with E-state index in [0.717, 1.165) is 28.1 Å². The zero-order valence-corrected chi connectivity index (χ0v) is 31.3. The number of carbonyl (C=O) groups excluding carboxylic acids is 2. The van der Waals surface area contributed by atoms with Gasteiger partial charge in [0.1, 0.15) is 25.6 Å². The van der Waals surface area contributed by atoms with E-state index in [-0.39, 0.29) is 60.7 Å². The van der Waals surface area contributed by atoms with Crippen LogP contribution in [0.1, 0.15) is 59.3 Å². The van der Waals surface area contributed by atoms with E-state index in [9.17, 15) is 44.6 Å². The number of rotatable bonds is 11. The molecule has 0 radical (unpaired) electrons. The van der Waals surface area contributed by atoms with Gasteiger partial charge in [0, 0.05) is 41.1 Å². The summed E-state index contributed by atoms with van der Waals surface area (Å²) in [6.07, 6.45) is -5.47. The molecule has 5 heterocycles. The SMILES string of the molecule is CCc1c2c(nc3ccc(OCc4ccc(NC(=O)OCc5ccc(OC6CC(O)CC(C(=O)O)O6)c([N+](=O)[O-])c5)cc4)cc13)-c1cc3c(c(=O)n1C2)COC(=O)C3O. The highest BCUT2D eigenvalue weighted by Crippen LogP contribution is 2.39. The third-order valence-corrected chi connectivity index (χ3v) is 10.4. The Bertz CT molecular complexity index is 2590. The molecule has 4 atom stereocenters. The van der Waals surface area contributed by atoms with Crippen LogP contribution in [-0.4, -0.2) is 66.3 Å². The third-order valence-electron chi connectivity index (χ3n) is 10.4. The van der Waals surface area contributed by atoms with E-state index in [4.69, 9.17) is 28.7 Å². The van der Waals surface area contributed by atoms with Crippen molar-refractivity contribution in [2.45, 2.75) is 77.2 Å². The molecular weight excluding hydrogens is 772 g/mol. The quantitative estimate of drug-likeness (QED) is 0.0791. The number of carboxylic acids is 1. The zero-order chi connectivity index (χ0) is 41.5. The third kappa shape index (κ3) is 7.75. The van der Waals surface area contributed by atoms with Gasteiger partial charge in [-0.1, -0.05) is 25.1 Å². The summed E-state index contributed by atoms with van der Waals surface area (Å²) in [7, 11) is 0. The molecule has 4 N–H and O–H groups in total. The second-order valence-corrected chi connectivity index (χ2v) is 14.2.